The first-order valence-electron chi connectivity index (χ1n) is 10.5. The summed E-state index contributed by atoms with van der Waals surface area (Å²) < 4.78 is -0.177. The molecule has 31 heavy (non-hydrogen) atoms. The molecule has 160 valence electrons. The van der Waals surface area contributed by atoms with Gasteiger partial charge >= 0.3 is 0 Å². The highest BCUT2D eigenvalue weighted by Crippen LogP contribution is 2.49. The number of carbonyl (C=O) groups excluding carboxylic acids is 2. The van der Waals surface area contributed by atoms with Gasteiger partial charge in [-0.1, -0.05) is 77.1 Å². The highest BCUT2D eigenvalue weighted by molar-refractivity contribution is 8.01. The number of carbonyl (C=O) groups is 2. The van der Waals surface area contributed by atoms with Crippen molar-refractivity contribution in [2.45, 2.75) is 56.6 Å². The summed E-state index contributed by atoms with van der Waals surface area (Å²) in [5, 5.41) is 12.2. The molecule has 0 spiro atoms. The molecule has 1 aliphatic rings. The predicted molar refractivity (Wildman–Crippen MR) is 125 cm³/mol. The van der Waals surface area contributed by atoms with Crippen molar-refractivity contribution < 1.29 is 14.7 Å². The van der Waals surface area contributed by atoms with Crippen LogP contribution in [0.15, 0.2) is 53.4 Å². The summed E-state index contributed by atoms with van der Waals surface area (Å²) in [5.74, 6) is -1.77. The van der Waals surface area contributed by atoms with Crippen molar-refractivity contribution in [1.82, 2.24) is 4.98 Å². The van der Waals surface area contributed by atoms with E-state index >= 15 is 0 Å². The number of thioether (sulfide) groups is 1. The quantitative estimate of drug-likeness (QED) is 0.380. The number of aromatic hydroxyl groups is 1. The van der Waals surface area contributed by atoms with Gasteiger partial charge in [0.25, 0.3) is 0 Å². The van der Waals surface area contributed by atoms with Gasteiger partial charge < -0.3 is 5.11 Å². The molecule has 4 nitrogen and oxygen atoms in total. The van der Waals surface area contributed by atoms with E-state index in [1.54, 1.807) is 36.0 Å². The predicted octanol–water partition coefficient (Wildman–Crippen LogP) is 6.41. The minimum atomic E-state index is -1.10. The zero-order valence-electron chi connectivity index (χ0n) is 18.5. The van der Waals surface area contributed by atoms with E-state index < -0.39 is 5.92 Å². The van der Waals surface area contributed by atoms with Crippen molar-refractivity contribution in [3.63, 3.8) is 0 Å². The molecule has 0 amide bonds. The van der Waals surface area contributed by atoms with Crippen molar-refractivity contribution in [3.05, 3.63) is 65.4 Å². The van der Waals surface area contributed by atoms with E-state index in [1.807, 2.05) is 24.3 Å². The molecule has 0 bridgehead atoms. The normalized spacial score (nSPS) is 15.0. The first-order valence-corrected chi connectivity index (χ1v) is 11.3. The summed E-state index contributed by atoms with van der Waals surface area (Å²) in [7, 11) is 0. The van der Waals surface area contributed by atoms with Gasteiger partial charge in [-0.25, -0.2) is 4.98 Å². The average molecular weight is 434 g/mol. The average Bonchev–Trinajstić information content (AvgIpc) is 2.93. The second kappa shape index (κ2) is 7.49. The number of rotatable bonds is 4. The van der Waals surface area contributed by atoms with Crippen LogP contribution in [0.2, 0.25) is 0 Å². The third-order valence-corrected chi connectivity index (χ3v) is 6.75. The minimum absolute atomic E-state index is 0.0646. The molecule has 0 saturated carbocycles. The standard InChI is InChI=1S/C26H27NO3S/c1-25(2,3)14-26(4,5)31-24-17-12-8-9-13-18(17)27-20(23(24)30)19-21(28)15-10-6-7-11-16(15)22(19)29/h6-13,19,30H,14H2,1-5H3. The van der Waals surface area contributed by atoms with Crippen LogP contribution >= 0.6 is 11.8 Å². The topological polar surface area (TPSA) is 67.3 Å². The minimum Gasteiger partial charge on any atom is -0.505 e. The van der Waals surface area contributed by atoms with Crippen molar-refractivity contribution in [1.29, 1.82) is 0 Å². The number of hydrogen-bond acceptors (Lipinski definition) is 5. The molecule has 0 saturated heterocycles. The molecule has 0 atom stereocenters. The second-order valence-corrected chi connectivity index (χ2v) is 11.7. The van der Waals surface area contributed by atoms with Crippen LogP contribution in [0, 0.1) is 5.41 Å². The molecule has 2 aromatic carbocycles. The van der Waals surface area contributed by atoms with Gasteiger partial charge in [-0.15, -0.1) is 11.8 Å². The fourth-order valence-corrected chi connectivity index (χ4v) is 6.22. The van der Waals surface area contributed by atoms with Gasteiger partial charge in [-0.2, -0.15) is 0 Å². The van der Waals surface area contributed by atoms with E-state index in [4.69, 9.17) is 0 Å². The zero-order chi connectivity index (χ0) is 22.6. The van der Waals surface area contributed by atoms with Crippen LogP contribution in [0.25, 0.3) is 10.9 Å². The van der Waals surface area contributed by atoms with Crippen molar-refractivity contribution in [2.24, 2.45) is 5.41 Å². The first kappa shape index (κ1) is 21.6. The number of hydrogen-bond donors (Lipinski definition) is 1. The first-order chi connectivity index (χ1) is 14.5. The lowest BCUT2D eigenvalue weighted by molar-refractivity contribution is 0.0886. The van der Waals surface area contributed by atoms with Gasteiger partial charge in [0.1, 0.15) is 11.6 Å². The van der Waals surface area contributed by atoms with Gasteiger partial charge in [-0.3, -0.25) is 9.59 Å². The van der Waals surface area contributed by atoms with Crippen molar-refractivity contribution in [2.75, 3.05) is 0 Å². The fraction of sp³-hybridized carbons (Fsp3) is 0.346. The number of aromatic nitrogens is 1. The monoisotopic (exact) mass is 433 g/mol. The summed E-state index contributed by atoms with van der Waals surface area (Å²) in [5.41, 5.74) is 1.72. The Hall–Kier alpha value is -2.66. The Bertz CT molecular complexity index is 1170. The number of ketones is 2. The molecule has 0 aliphatic heterocycles. The number of pyridine rings is 1. The molecule has 3 aromatic rings. The SMILES string of the molecule is CC(C)(C)CC(C)(C)Sc1c(O)c(C2C(=O)c3ccccc3C2=O)nc2ccccc12. The molecule has 1 aliphatic carbocycles. The molecular weight excluding hydrogens is 406 g/mol. The van der Waals surface area contributed by atoms with Gasteiger partial charge in [0.2, 0.25) is 0 Å². The third kappa shape index (κ3) is 3.99. The highest BCUT2D eigenvalue weighted by atomic mass is 32.2. The van der Waals surface area contributed by atoms with Crippen LogP contribution in [0.5, 0.6) is 5.75 Å². The maximum Gasteiger partial charge on any atom is 0.180 e. The molecule has 1 aromatic heterocycles. The fourth-order valence-electron chi connectivity index (χ4n) is 4.68. The highest BCUT2D eigenvalue weighted by Gasteiger charge is 2.42. The lowest BCUT2D eigenvalue weighted by atomic mass is 9.86. The number of fused-ring (bicyclic) bond motifs is 2. The molecule has 0 fully saturated rings. The second-order valence-electron chi connectivity index (χ2n) is 10.00. The van der Waals surface area contributed by atoms with Crippen LogP contribution in [-0.4, -0.2) is 26.4 Å². The van der Waals surface area contributed by atoms with E-state index in [9.17, 15) is 14.7 Å². The largest absolute Gasteiger partial charge is 0.505 e. The lowest BCUT2D eigenvalue weighted by Crippen LogP contribution is -2.23. The van der Waals surface area contributed by atoms with E-state index in [0.717, 1.165) is 11.8 Å². The molecule has 1 N–H and O–H groups in total. The maximum absolute atomic E-state index is 13.1. The van der Waals surface area contributed by atoms with E-state index in [2.05, 4.69) is 39.6 Å². The Balaban J connectivity index is 1.87. The molecule has 1 heterocycles. The van der Waals surface area contributed by atoms with Crippen LogP contribution in [0.1, 0.15) is 73.4 Å². The van der Waals surface area contributed by atoms with E-state index in [1.165, 1.54) is 0 Å². The maximum atomic E-state index is 13.1. The van der Waals surface area contributed by atoms with Crippen molar-refractivity contribution in [3.8, 4) is 5.75 Å². The van der Waals surface area contributed by atoms with Gasteiger partial charge in [0.15, 0.2) is 17.3 Å². The summed E-state index contributed by atoms with van der Waals surface area (Å²) >= 11 is 1.58. The van der Waals surface area contributed by atoms with Crippen LogP contribution < -0.4 is 0 Å². The smallest absolute Gasteiger partial charge is 0.180 e. The Morgan fingerprint density at radius 1 is 0.903 bits per heavy atom. The molecule has 0 radical (unpaired) electrons. The Labute approximate surface area is 187 Å². The Morgan fingerprint density at radius 3 is 2.03 bits per heavy atom. The van der Waals surface area contributed by atoms with E-state index in [-0.39, 0.29) is 33.2 Å². The van der Waals surface area contributed by atoms with E-state index in [0.29, 0.717) is 21.5 Å². The molecule has 0 unspecified atom stereocenters. The van der Waals surface area contributed by atoms with Gasteiger partial charge in [-0.05, 0) is 17.9 Å². The third-order valence-electron chi connectivity index (χ3n) is 5.44. The van der Waals surface area contributed by atoms with Gasteiger partial charge in [0.05, 0.1) is 10.4 Å². The Kier molecular flexibility index (Phi) is 5.21. The number of Topliss-reactive ketones (excluding diaryl/α,β-unsaturated/α-hetero) is 2. The summed E-state index contributed by atoms with van der Waals surface area (Å²) in [6, 6.07) is 14.4. The number of para-hydroxylation sites is 1. The van der Waals surface area contributed by atoms with Crippen LogP contribution in [0.4, 0.5) is 0 Å². The molecule has 4 rings (SSSR count). The number of nitrogens with zero attached hydrogens (tertiary/aromatic N) is 1. The molecule has 5 heteroatoms. The van der Waals surface area contributed by atoms with Crippen molar-refractivity contribution >= 4 is 34.2 Å². The molecular formula is C26H27NO3S. The lowest BCUT2D eigenvalue weighted by Gasteiger charge is -2.32. The van der Waals surface area contributed by atoms with Crippen LogP contribution in [0.3, 0.4) is 0 Å². The number of benzene rings is 2. The van der Waals surface area contributed by atoms with Crippen LogP contribution in [-0.2, 0) is 0 Å². The Morgan fingerprint density at radius 2 is 1.45 bits per heavy atom. The zero-order valence-corrected chi connectivity index (χ0v) is 19.3. The summed E-state index contributed by atoms with van der Waals surface area (Å²) in [6.45, 7) is 10.9. The van der Waals surface area contributed by atoms with Gasteiger partial charge in [0, 0.05) is 21.3 Å². The summed E-state index contributed by atoms with van der Waals surface area (Å²) in [4.78, 5) is 31.5. The summed E-state index contributed by atoms with van der Waals surface area (Å²) in [6.07, 6.45) is 0.919.